The molecule has 0 amide bonds. The Labute approximate surface area is 156 Å². The van der Waals surface area contributed by atoms with Crippen molar-refractivity contribution in [3.63, 3.8) is 0 Å². The zero-order chi connectivity index (χ0) is 20.6. The summed E-state index contributed by atoms with van der Waals surface area (Å²) in [6, 6.07) is 0. The van der Waals surface area contributed by atoms with E-state index in [1.807, 2.05) is 6.92 Å². The minimum absolute atomic E-state index is 0.121. The van der Waals surface area contributed by atoms with Gasteiger partial charge in [0.15, 0.2) is 11.4 Å². The van der Waals surface area contributed by atoms with Crippen LogP contribution in [0.5, 0.6) is 0 Å². The zero-order valence-electron chi connectivity index (χ0n) is 17.4. The largest absolute Gasteiger partial charge is 0.465 e. The molecule has 152 valence electrons. The maximum atomic E-state index is 12.5. The molecule has 0 aliphatic heterocycles. The molecular weight excluding hydrogens is 340 g/mol. The summed E-state index contributed by atoms with van der Waals surface area (Å²) in [6.07, 6.45) is 0.665. The van der Waals surface area contributed by atoms with Gasteiger partial charge in [-0.3, -0.25) is 9.59 Å². The second-order valence-electron chi connectivity index (χ2n) is 7.57. The number of carbonyl (C=O) groups excluding carboxylic acids is 3. The average Bonchev–Trinajstić information content (AvgIpc) is 2.55. The van der Waals surface area contributed by atoms with Crippen molar-refractivity contribution in [3.05, 3.63) is 0 Å². The van der Waals surface area contributed by atoms with Crippen LogP contribution in [-0.4, -0.2) is 55.4 Å². The molecule has 0 aromatic rings. The number of carbonyl (C=O) groups is 3. The van der Waals surface area contributed by atoms with Crippen LogP contribution in [0.15, 0.2) is 0 Å². The summed E-state index contributed by atoms with van der Waals surface area (Å²) in [5, 5.41) is 0. The summed E-state index contributed by atoms with van der Waals surface area (Å²) in [6.45, 7) is 13.3. The zero-order valence-corrected chi connectivity index (χ0v) is 17.4. The molecule has 0 radical (unpaired) electrons. The van der Waals surface area contributed by atoms with Gasteiger partial charge in [-0.15, -0.1) is 0 Å². The lowest BCUT2D eigenvalue weighted by atomic mass is 9.92. The van der Waals surface area contributed by atoms with Gasteiger partial charge in [-0.05, 0) is 54.9 Å². The van der Waals surface area contributed by atoms with E-state index in [-0.39, 0.29) is 25.6 Å². The van der Waals surface area contributed by atoms with Crippen molar-refractivity contribution in [2.75, 3.05) is 26.4 Å². The molecule has 0 spiro atoms. The Bertz CT molecular complexity index is 496. The molecule has 0 saturated carbocycles. The molecule has 1 unspecified atom stereocenters. The highest BCUT2D eigenvalue weighted by atomic mass is 16.6. The molecule has 0 bridgehead atoms. The smallest absolute Gasteiger partial charge is 0.337 e. The first-order valence-corrected chi connectivity index (χ1v) is 8.95. The molecule has 0 N–H and O–H groups in total. The topological polar surface area (TPSA) is 88.1 Å². The van der Waals surface area contributed by atoms with E-state index < -0.39 is 28.6 Å². The number of hydrogen-bond donors (Lipinski definition) is 0. The Kier molecular flexibility index (Phi) is 9.45. The van der Waals surface area contributed by atoms with E-state index in [9.17, 15) is 14.4 Å². The standard InChI is InChI=1S/C19H34O7/c1-9-11-23-16(22)19(8,13-26-17(4,5)14(3)20)12-24-15(21)18(6,7)25-10-2/h9-13H2,1-8H3. The predicted molar refractivity (Wildman–Crippen MR) is 96.7 cm³/mol. The first-order valence-electron chi connectivity index (χ1n) is 8.95. The van der Waals surface area contributed by atoms with Gasteiger partial charge in [0.25, 0.3) is 0 Å². The third-order valence-electron chi connectivity index (χ3n) is 4.05. The number of ether oxygens (including phenoxy) is 4. The van der Waals surface area contributed by atoms with Gasteiger partial charge in [-0.2, -0.15) is 0 Å². The molecule has 26 heavy (non-hydrogen) atoms. The van der Waals surface area contributed by atoms with Gasteiger partial charge in [0.1, 0.15) is 17.6 Å². The van der Waals surface area contributed by atoms with Crippen LogP contribution in [0.4, 0.5) is 0 Å². The molecule has 7 heteroatoms. The number of hydrogen-bond acceptors (Lipinski definition) is 7. The summed E-state index contributed by atoms with van der Waals surface area (Å²) < 4.78 is 21.6. The van der Waals surface area contributed by atoms with Crippen LogP contribution in [0.1, 0.15) is 61.8 Å². The Hall–Kier alpha value is -1.47. The maximum Gasteiger partial charge on any atom is 0.337 e. The van der Waals surface area contributed by atoms with Crippen molar-refractivity contribution in [2.24, 2.45) is 5.41 Å². The lowest BCUT2D eigenvalue weighted by Crippen LogP contribution is -2.46. The van der Waals surface area contributed by atoms with Gasteiger partial charge in [-0.1, -0.05) is 6.92 Å². The third-order valence-corrected chi connectivity index (χ3v) is 4.05. The fourth-order valence-electron chi connectivity index (χ4n) is 1.79. The second kappa shape index (κ2) is 10.0. The van der Waals surface area contributed by atoms with Crippen molar-refractivity contribution in [1.82, 2.24) is 0 Å². The lowest BCUT2D eigenvalue weighted by Gasteiger charge is -2.32. The summed E-state index contributed by atoms with van der Waals surface area (Å²) in [5.74, 6) is -1.29. The fraction of sp³-hybridized carbons (Fsp3) is 0.842. The number of Topliss-reactive ketones (excluding diaryl/α,β-unsaturated/α-hetero) is 1. The lowest BCUT2D eigenvalue weighted by molar-refractivity contribution is -0.182. The van der Waals surface area contributed by atoms with Gasteiger partial charge in [0.05, 0.1) is 13.2 Å². The summed E-state index contributed by atoms with van der Waals surface area (Å²) >= 11 is 0. The average molecular weight is 374 g/mol. The number of esters is 2. The molecule has 0 saturated heterocycles. The summed E-state index contributed by atoms with van der Waals surface area (Å²) in [5.41, 5.74) is -3.41. The molecule has 0 heterocycles. The van der Waals surface area contributed by atoms with Gasteiger partial charge in [0.2, 0.25) is 0 Å². The van der Waals surface area contributed by atoms with E-state index in [0.717, 1.165) is 0 Å². The highest BCUT2D eigenvalue weighted by molar-refractivity contribution is 5.84. The van der Waals surface area contributed by atoms with Gasteiger partial charge < -0.3 is 18.9 Å². The van der Waals surface area contributed by atoms with E-state index >= 15 is 0 Å². The van der Waals surface area contributed by atoms with Gasteiger partial charge in [0, 0.05) is 6.61 Å². The van der Waals surface area contributed by atoms with Gasteiger partial charge in [-0.25, -0.2) is 4.79 Å². The second-order valence-corrected chi connectivity index (χ2v) is 7.57. The van der Waals surface area contributed by atoms with Crippen molar-refractivity contribution in [3.8, 4) is 0 Å². The Morgan fingerprint density at radius 2 is 1.35 bits per heavy atom. The Balaban J connectivity index is 5.18. The fourth-order valence-corrected chi connectivity index (χ4v) is 1.79. The highest BCUT2D eigenvalue weighted by Crippen LogP contribution is 2.25. The van der Waals surface area contributed by atoms with E-state index in [2.05, 4.69) is 0 Å². The molecule has 7 nitrogen and oxygen atoms in total. The molecule has 0 rings (SSSR count). The number of rotatable bonds is 12. The van der Waals surface area contributed by atoms with Crippen molar-refractivity contribution in [1.29, 1.82) is 0 Å². The summed E-state index contributed by atoms with van der Waals surface area (Å²) in [7, 11) is 0. The van der Waals surface area contributed by atoms with Crippen molar-refractivity contribution in [2.45, 2.75) is 73.0 Å². The van der Waals surface area contributed by atoms with Crippen LogP contribution >= 0.6 is 0 Å². The van der Waals surface area contributed by atoms with Gasteiger partial charge >= 0.3 is 11.9 Å². The first kappa shape index (κ1) is 24.5. The van der Waals surface area contributed by atoms with Crippen LogP contribution in [0.3, 0.4) is 0 Å². The molecule has 0 fully saturated rings. The monoisotopic (exact) mass is 374 g/mol. The van der Waals surface area contributed by atoms with Crippen molar-refractivity contribution >= 4 is 17.7 Å². The van der Waals surface area contributed by atoms with E-state index in [1.54, 1.807) is 41.5 Å². The van der Waals surface area contributed by atoms with Crippen LogP contribution in [-0.2, 0) is 33.3 Å². The van der Waals surface area contributed by atoms with E-state index in [0.29, 0.717) is 13.0 Å². The Morgan fingerprint density at radius 1 is 0.769 bits per heavy atom. The van der Waals surface area contributed by atoms with Crippen LogP contribution in [0.2, 0.25) is 0 Å². The minimum atomic E-state index is -1.24. The van der Waals surface area contributed by atoms with Crippen LogP contribution in [0, 0.1) is 5.41 Å². The first-order chi connectivity index (χ1) is 11.8. The Morgan fingerprint density at radius 3 is 1.81 bits per heavy atom. The van der Waals surface area contributed by atoms with Crippen molar-refractivity contribution < 1.29 is 33.3 Å². The number of ketones is 1. The minimum Gasteiger partial charge on any atom is -0.465 e. The van der Waals surface area contributed by atoms with Crippen LogP contribution in [0.25, 0.3) is 0 Å². The molecule has 0 aliphatic rings. The van der Waals surface area contributed by atoms with Crippen LogP contribution < -0.4 is 0 Å². The SMILES string of the molecule is CCCOC(=O)C(C)(COC(=O)C(C)(C)OCC)COC(C)(C)C(C)=O. The molecule has 0 aliphatic carbocycles. The maximum absolute atomic E-state index is 12.5. The quantitative estimate of drug-likeness (QED) is 0.485. The molecule has 0 aromatic carbocycles. The molecule has 0 aromatic heterocycles. The molecule has 1 atom stereocenters. The normalized spacial score (nSPS) is 14.5. The van der Waals surface area contributed by atoms with E-state index in [4.69, 9.17) is 18.9 Å². The highest BCUT2D eigenvalue weighted by Gasteiger charge is 2.41. The molecular formula is C19H34O7. The van der Waals surface area contributed by atoms with E-state index in [1.165, 1.54) is 6.92 Å². The predicted octanol–water partition coefficient (Wildman–Crippen LogP) is 2.69. The third kappa shape index (κ3) is 7.41. The summed E-state index contributed by atoms with van der Waals surface area (Å²) in [4.78, 5) is 36.4.